The van der Waals surface area contributed by atoms with Gasteiger partial charge in [-0.3, -0.25) is 9.52 Å². The zero-order valence-corrected chi connectivity index (χ0v) is 14.0. The summed E-state index contributed by atoms with van der Waals surface area (Å²) in [6, 6.07) is 10.4. The molecule has 0 saturated carbocycles. The van der Waals surface area contributed by atoms with Gasteiger partial charge in [-0.1, -0.05) is 18.2 Å². The van der Waals surface area contributed by atoms with Crippen molar-refractivity contribution >= 4 is 27.3 Å². The predicted octanol–water partition coefficient (Wildman–Crippen LogP) is 2.36. The summed E-state index contributed by atoms with van der Waals surface area (Å²) in [6.07, 6.45) is 1.64. The van der Waals surface area contributed by atoms with Gasteiger partial charge in [0.25, 0.3) is 0 Å². The van der Waals surface area contributed by atoms with E-state index in [-0.39, 0.29) is 17.4 Å². The molecule has 1 aromatic carbocycles. The molecule has 7 nitrogen and oxygen atoms in total. The van der Waals surface area contributed by atoms with Gasteiger partial charge in [0.1, 0.15) is 0 Å². The van der Waals surface area contributed by atoms with Crippen LogP contribution in [0.5, 0.6) is 0 Å². The number of anilines is 1. The number of ketones is 1. The molecule has 0 aliphatic rings. The van der Waals surface area contributed by atoms with Gasteiger partial charge in [0, 0.05) is 11.1 Å². The fourth-order valence-electron chi connectivity index (χ4n) is 2.25. The van der Waals surface area contributed by atoms with Crippen LogP contribution in [0.2, 0.25) is 0 Å². The van der Waals surface area contributed by atoms with Gasteiger partial charge in [0.2, 0.25) is 10.0 Å². The first-order chi connectivity index (χ1) is 11.4. The van der Waals surface area contributed by atoms with Crippen molar-refractivity contribution in [3.63, 3.8) is 0 Å². The first kappa shape index (κ1) is 16.1. The Bertz CT molecular complexity index is 1020. The number of Topliss-reactive ketones (excluding diaryl/α,β-unsaturated/α-hetero) is 1. The van der Waals surface area contributed by atoms with Crippen molar-refractivity contribution in [1.29, 1.82) is 0 Å². The number of carbonyl (C=O) groups excluding carboxylic acids is 1. The number of rotatable bonds is 5. The zero-order chi connectivity index (χ0) is 17.3. The van der Waals surface area contributed by atoms with E-state index in [4.69, 9.17) is 0 Å². The van der Waals surface area contributed by atoms with Crippen molar-refractivity contribution in [3.8, 4) is 11.3 Å². The standard InChI is InChI=1S/C16H16N4O3S/c1-3-24(22,23)19-15-7-8-16-17-10-14(20(16)18-15)13-6-4-5-12(9-13)11(2)21/h4-10H,3H2,1-2H3,(H,18,19). The number of fused-ring (bicyclic) bond motifs is 1. The molecule has 0 spiro atoms. The van der Waals surface area contributed by atoms with Crippen LogP contribution in [0.15, 0.2) is 42.6 Å². The molecule has 0 atom stereocenters. The van der Waals surface area contributed by atoms with Crippen LogP contribution in [0.3, 0.4) is 0 Å². The Kier molecular flexibility index (Phi) is 4.06. The van der Waals surface area contributed by atoms with Crippen molar-refractivity contribution in [2.45, 2.75) is 13.8 Å². The van der Waals surface area contributed by atoms with Crippen LogP contribution in [-0.2, 0) is 10.0 Å². The molecule has 0 fully saturated rings. The molecule has 3 rings (SSSR count). The van der Waals surface area contributed by atoms with Crippen molar-refractivity contribution < 1.29 is 13.2 Å². The lowest BCUT2D eigenvalue weighted by Gasteiger charge is -2.07. The van der Waals surface area contributed by atoms with Gasteiger partial charge in [-0.15, -0.1) is 5.10 Å². The summed E-state index contributed by atoms with van der Waals surface area (Å²) < 4.78 is 27.4. The third kappa shape index (κ3) is 3.13. The molecule has 0 radical (unpaired) electrons. The maximum Gasteiger partial charge on any atom is 0.233 e. The number of nitrogens with zero attached hydrogens (tertiary/aromatic N) is 3. The van der Waals surface area contributed by atoms with Crippen LogP contribution in [0, 0.1) is 0 Å². The summed E-state index contributed by atoms with van der Waals surface area (Å²) in [6.45, 7) is 3.06. The van der Waals surface area contributed by atoms with Crippen molar-refractivity contribution in [2.75, 3.05) is 10.5 Å². The van der Waals surface area contributed by atoms with Gasteiger partial charge >= 0.3 is 0 Å². The molecule has 1 N–H and O–H groups in total. The average Bonchev–Trinajstić information content (AvgIpc) is 2.98. The van der Waals surface area contributed by atoms with E-state index in [2.05, 4.69) is 14.8 Å². The van der Waals surface area contributed by atoms with Crippen LogP contribution >= 0.6 is 0 Å². The van der Waals surface area contributed by atoms with Crippen LogP contribution in [-0.4, -0.2) is 34.6 Å². The number of hydrogen-bond acceptors (Lipinski definition) is 5. The molecular weight excluding hydrogens is 328 g/mol. The van der Waals surface area contributed by atoms with E-state index < -0.39 is 10.0 Å². The minimum Gasteiger partial charge on any atom is -0.295 e. The first-order valence-electron chi connectivity index (χ1n) is 7.36. The minimum absolute atomic E-state index is 0.0324. The lowest BCUT2D eigenvalue weighted by molar-refractivity contribution is 0.101. The van der Waals surface area contributed by atoms with Crippen LogP contribution in [0.1, 0.15) is 24.2 Å². The first-order valence-corrected chi connectivity index (χ1v) is 9.01. The molecule has 0 aliphatic carbocycles. The Morgan fingerprint density at radius 2 is 2.04 bits per heavy atom. The van der Waals surface area contributed by atoms with E-state index in [1.54, 1.807) is 48.0 Å². The summed E-state index contributed by atoms with van der Waals surface area (Å²) in [5.74, 6) is 0.144. The third-order valence-corrected chi connectivity index (χ3v) is 4.85. The van der Waals surface area contributed by atoms with E-state index in [0.717, 1.165) is 5.56 Å². The zero-order valence-electron chi connectivity index (χ0n) is 13.2. The normalized spacial score (nSPS) is 11.6. The highest BCUT2D eigenvalue weighted by atomic mass is 32.2. The molecule has 0 saturated heterocycles. The van der Waals surface area contributed by atoms with Crippen molar-refractivity contribution in [1.82, 2.24) is 14.6 Å². The van der Waals surface area contributed by atoms with Gasteiger partial charge in [0.15, 0.2) is 17.2 Å². The molecule has 24 heavy (non-hydrogen) atoms. The maximum atomic E-state index is 11.7. The van der Waals surface area contributed by atoms with Crippen molar-refractivity contribution in [3.05, 3.63) is 48.2 Å². The maximum absolute atomic E-state index is 11.7. The lowest BCUT2D eigenvalue weighted by atomic mass is 10.1. The molecule has 0 amide bonds. The summed E-state index contributed by atoms with van der Waals surface area (Å²) in [5.41, 5.74) is 2.62. The van der Waals surface area contributed by atoms with E-state index in [1.807, 2.05) is 6.07 Å². The Morgan fingerprint density at radius 1 is 1.25 bits per heavy atom. The molecule has 124 valence electrons. The number of nitrogens with one attached hydrogen (secondary N) is 1. The average molecular weight is 344 g/mol. The number of benzene rings is 1. The molecule has 3 aromatic rings. The highest BCUT2D eigenvalue weighted by molar-refractivity contribution is 7.92. The van der Waals surface area contributed by atoms with Crippen LogP contribution < -0.4 is 4.72 Å². The third-order valence-electron chi connectivity index (χ3n) is 3.57. The molecule has 2 aromatic heterocycles. The van der Waals surface area contributed by atoms with Gasteiger partial charge in [-0.25, -0.2) is 17.9 Å². The smallest absolute Gasteiger partial charge is 0.233 e. The van der Waals surface area contributed by atoms with Crippen LogP contribution in [0.4, 0.5) is 5.82 Å². The van der Waals surface area contributed by atoms with Gasteiger partial charge < -0.3 is 0 Å². The Labute approximate surface area is 139 Å². The van der Waals surface area contributed by atoms with E-state index >= 15 is 0 Å². The highest BCUT2D eigenvalue weighted by Gasteiger charge is 2.12. The van der Waals surface area contributed by atoms with Crippen molar-refractivity contribution in [2.24, 2.45) is 0 Å². The second-order valence-corrected chi connectivity index (χ2v) is 7.29. The fourth-order valence-corrected chi connectivity index (χ4v) is 2.83. The molecule has 0 bridgehead atoms. The molecule has 0 aliphatic heterocycles. The highest BCUT2D eigenvalue weighted by Crippen LogP contribution is 2.22. The summed E-state index contributed by atoms with van der Waals surface area (Å²) >= 11 is 0. The van der Waals surface area contributed by atoms with E-state index in [0.29, 0.717) is 16.9 Å². The van der Waals surface area contributed by atoms with Gasteiger partial charge in [0.05, 0.1) is 17.6 Å². The Hall–Kier alpha value is -2.74. The number of hydrogen-bond donors (Lipinski definition) is 1. The van der Waals surface area contributed by atoms with E-state index in [1.165, 1.54) is 6.92 Å². The second-order valence-electron chi connectivity index (χ2n) is 5.27. The minimum atomic E-state index is -3.41. The molecular formula is C16H16N4O3S. The second kappa shape index (κ2) is 6.04. The summed E-state index contributed by atoms with van der Waals surface area (Å²) in [4.78, 5) is 15.8. The topological polar surface area (TPSA) is 93.4 Å². The van der Waals surface area contributed by atoms with Gasteiger partial charge in [-0.05, 0) is 32.0 Å². The number of carbonyl (C=O) groups is 1. The molecule has 0 unspecified atom stereocenters. The quantitative estimate of drug-likeness (QED) is 0.717. The Balaban J connectivity index is 2.09. The van der Waals surface area contributed by atoms with E-state index in [9.17, 15) is 13.2 Å². The molecule has 2 heterocycles. The van der Waals surface area contributed by atoms with Crippen LogP contribution in [0.25, 0.3) is 16.9 Å². The Morgan fingerprint density at radius 3 is 2.75 bits per heavy atom. The monoisotopic (exact) mass is 344 g/mol. The van der Waals surface area contributed by atoms with Gasteiger partial charge in [-0.2, -0.15) is 0 Å². The SMILES string of the molecule is CCS(=O)(=O)Nc1ccc2ncc(-c3cccc(C(C)=O)c3)n2n1. The largest absolute Gasteiger partial charge is 0.295 e. The number of sulfonamides is 1. The summed E-state index contributed by atoms with van der Waals surface area (Å²) in [5, 5.41) is 4.30. The number of imidazole rings is 1. The number of aromatic nitrogens is 3. The molecule has 8 heteroatoms. The lowest BCUT2D eigenvalue weighted by Crippen LogP contribution is -2.16. The summed E-state index contributed by atoms with van der Waals surface area (Å²) in [7, 11) is -3.41. The predicted molar refractivity (Wildman–Crippen MR) is 91.5 cm³/mol. The fraction of sp³-hybridized carbons (Fsp3) is 0.188.